The summed E-state index contributed by atoms with van der Waals surface area (Å²) in [6, 6.07) is 0. The van der Waals surface area contributed by atoms with E-state index < -0.39 is 22.7 Å². The van der Waals surface area contributed by atoms with Gasteiger partial charge in [-0.2, -0.15) is 8.39 Å². The topological polar surface area (TPSA) is 36.9 Å². The zero-order valence-electron chi connectivity index (χ0n) is 6.61. The smallest absolute Gasteiger partial charge is 0.358 e. The number of halogens is 2. The highest BCUT2D eigenvalue weighted by atomic mass is 31.2. The van der Waals surface area contributed by atoms with Crippen LogP contribution in [0.1, 0.15) is 0 Å². The average Bonchev–Trinajstić information content (AvgIpc) is 2.16. The third kappa shape index (κ3) is 2.32. The van der Waals surface area contributed by atoms with Gasteiger partial charge in [-0.1, -0.05) is 0 Å². The fourth-order valence-corrected chi connectivity index (χ4v) is 2.61. The van der Waals surface area contributed by atoms with E-state index >= 15 is 0 Å². The van der Waals surface area contributed by atoms with E-state index in [1.807, 2.05) is 0 Å². The molecular weight excluding hydrogens is 224 g/mol. The molecular formula is C5H8F2O4P2. The van der Waals surface area contributed by atoms with Gasteiger partial charge in [-0.3, -0.25) is 0 Å². The maximum atomic E-state index is 12.6. The van der Waals surface area contributed by atoms with Crippen LogP contribution in [0.15, 0.2) is 0 Å². The molecule has 0 bridgehead atoms. The van der Waals surface area contributed by atoms with Crippen LogP contribution >= 0.6 is 17.1 Å². The van der Waals surface area contributed by atoms with E-state index in [-0.39, 0.29) is 26.2 Å². The third-order valence-electron chi connectivity index (χ3n) is 1.80. The van der Waals surface area contributed by atoms with Crippen LogP contribution in [-0.4, -0.2) is 31.8 Å². The highest BCUT2D eigenvalue weighted by Gasteiger charge is 2.43. The predicted molar refractivity (Wildman–Crippen MR) is 42.6 cm³/mol. The molecule has 2 fully saturated rings. The molecule has 4 nitrogen and oxygen atoms in total. The minimum Gasteiger partial charge on any atom is -0.358 e. The van der Waals surface area contributed by atoms with Gasteiger partial charge >= 0.3 is 8.69 Å². The molecule has 0 aromatic carbocycles. The second kappa shape index (κ2) is 3.97. The molecule has 2 aliphatic rings. The zero-order valence-corrected chi connectivity index (χ0v) is 8.40. The summed E-state index contributed by atoms with van der Waals surface area (Å²) < 4.78 is 44.3. The first-order chi connectivity index (χ1) is 6.20. The summed E-state index contributed by atoms with van der Waals surface area (Å²) in [5, 5.41) is 0. The van der Waals surface area contributed by atoms with Gasteiger partial charge in [-0.25, -0.2) is 0 Å². The van der Waals surface area contributed by atoms with Gasteiger partial charge in [-0.15, -0.1) is 0 Å². The van der Waals surface area contributed by atoms with Crippen LogP contribution in [0.2, 0.25) is 0 Å². The summed E-state index contributed by atoms with van der Waals surface area (Å²) in [4.78, 5) is 0. The van der Waals surface area contributed by atoms with Gasteiger partial charge in [0.05, 0.1) is 19.8 Å². The standard InChI is InChI=1S/C5H8F2O4P2/c6-12-4-8-5(1-9-12)2-10-13(7)11-3-5/h1-4H2. The Bertz CT molecular complexity index is 156. The molecule has 2 saturated heterocycles. The Kier molecular flexibility index (Phi) is 3.08. The molecule has 0 N–H and O–H groups in total. The van der Waals surface area contributed by atoms with Crippen molar-refractivity contribution in [2.45, 2.75) is 5.60 Å². The lowest BCUT2D eigenvalue weighted by atomic mass is 10.1. The minimum absolute atomic E-state index is 0.0678. The summed E-state index contributed by atoms with van der Waals surface area (Å²) >= 11 is 0. The first kappa shape index (κ1) is 10.1. The van der Waals surface area contributed by atoms with E-state index in [0.717, 1.165) is 0 Å². The summed E-state index contributed by atoms with van der Waals surface area (Å²) in [7, 11) is -4.25. The zero-order chi connectivity index (χ0) is 9.31. The lowest BCUT2D eigenvalue weighted by Gasteiger charge is -2.39. The van der Waals surface area contributed by atoms with E-state index in [2.05, 4.69) is 9.05 Å². The SMILES string of the molecule is FP1COC2(CO1)COP(F)OC2. The van der Waals surface area contributed by atoms with E-state index in [1.54, 1.807) is 0 Å². The lowest BCUT2D eigenvalue weighted by Crippen LogP contribution is -2.49. The molecule has 0 radical (unpaired) electrons. The summed E-state index contributed by atoms with van der Waals surface area (Å²) in [6.45, 7) is 0.204. The van der Waals surface area contributed by atoms with Crippen LogP contribution in [0.5, 0.6) is 0 Å². The van der Waals surface area contributed by atoms with E-state index in [1.165, 1.54) is 0 Å². The molecule has 2 heterocycles. The molecule has 0 aliphatic carbocycles. The Morgan fingerprint density at radius 2 is 1.62 bits per heavy atom. The Balaban J connectivity index is 1.90. The molecule has 0 aromatic heterocycles. The van der Waals surface area contributed by atoms with Gasteiger partial charge in [-0.05, 0) is 0 Å². The maximum Gasteiger partial charge on any atom is 0.375 e. The Labute approximate surface area is 76.5 Å². The Hall–Kier alpha value is 0.560. The monoisotopic (exact) mass is 232 g/mol. The van der Waals surface area contributed by atoms with Gasteiger partial charge in [0.2, 0.25) is 8.46 Å². The molecule has 13 heavy (non-hydrogen) atoms. The van der Waals surface area contributed by atoms with Crippen LogP contribution in [0.4, 0.5) is 8.39 Å². The fraction of sp³-hybridized carbons (Fsp3) is 1.00. The van der Waals surface area contributed by atoms with Gasteiger partial charge in [0, 0.05) is 0 Å². The number of ether oxygens (including phenoxy) is 1. The van der Waals surface area contributed by atoms with E-state index in [0.29, 0.717) is 0 Å². The highest BCUT2D eigenvalue weighted by molar-refractivity contribution is 7.46. The number of hydrogen-bond donors (Lipinski definition) is 0. The molecule has 76 valence electrons. The highest BCUT2D eigenvalue weighted by Crippen LogP contribution is 2.50. The molecule has 2 aliphatic heterocycles. The second-order valence-corrected chi connectivity index (χ2v) is 4.90. The maximum absolute atomic E-state index is 12.6. The second-order valence-electron chi connectivity index (χ2n) is 2.81. The van der Waals surface area contributed by atoms with Crippen molar-refractivity contribution >= 4 is 17.1 Å². The summed E-state index contributed by atoms with van der Waals surface area (Å²) in [6.07, 6.45) is -0.0910. The molecule has 0 amide bonds. The number of rotatable bonds is 0. The lowest BCUT2D eigenvalue weighted by molar-refractivity contribution is -0.139. The van der Waals surface area contributed by atoms with Crippen molar-refractivity contribution in [3.8, 4) is 0 Å². The van der Waals surface area contributed by atoms with Crippen molar-refractivity contribution in [3.63, 3.8) is 0 Å². The van der Waals surface area contributed by atoms with Crippen LogP contribution < -0.4 is 0 Å². The van der Waals surface area contributed by atoms with Crippen molar-refractivity contribution in [2.75, 3.05) is 26.2 Å². The van der Waals surface area contributed by atoms with Crippen LogP contribution in [0.3, 0.4) is 0 Å². The predicted octanol–water partition coefficient (Wildman–Crippen LogP) is 2.25. The molecule has 1 atom stereocenters. The first-order valence-electron chi connectivity index (χ1n) is 3.62. The van der Waals surface area contributed by atoms with Crippen LogP contribution in [0.25, 0.3) is 0 Å². The van der Waals surface area contributed by atoms with Crippen molar-refractivity contribution in [1.29, 1.82) is 0 Å². The van der Waals surface area contributed by atoms with Crippen LogP contribution in [0, 0.1) is 0 Å². The summed E-state index contributed by atoms with van der Waals surface area (Å²) in [5.41, 5.74) is -0.796. The van der Waals surface area contributed by atoms with E-state index in [4.69, 9.17) is 9.26 Å². The first-order valence-corrected chi connectivity index (χ1v) is 6.03. The van der Waals surface area contributed by atoms with Gasteiger partial charge < -0.3 is 18.3 Å². The molecule has 8 heteroatoms. The largest absolute Gasteiger partial charge is 0.375 e. The molecule has 0 aromatic rings. The van der Waals surface area contributed by atoms with Crippen molar-refractivity contribution < 1.29 is 26.7 Å². The Morgan fingerprint density at radius 1 is 1.00 bits per heavy atom. The molecule has 1 spiro atoms. The van der Waals surface area contributed by atoms with Gasteiger partial charge in [0.15, 0.2) is 0 Å². The summed E-state index contributed by atoms with van der Waals surface area (Å²) in [5.74, 6) is 0. The molecule has 1 unspecified atom stereocenters. The van der Waals surface area contributed by atoms with Crippen molar-refractivity contribution in [3.05, 3.63) is 0 Å². The van der Waals surface area contributed by atoms with Gasteiger partial charge in [0.25, 0.3) is 0 Å². The fourth-order valence-electron chi connectivity index (χ4n) is 1.04. The molecule has 2 rings (SSSR count). The normalized spacial score (nSPS) is 46.6. The van der Waals surface area contributed by atoms with E-state index in [9.17, 15) is 8.39 Å². The average molecular weight is 232 g/mol. The third-order valence-corrected chi connectivity index (χ3v) is 3.20. The van der Waals surface area contributed by atoms with Crippen molar-refractivity contribution in [1.82, 2.24) is 0 Å². The number of hydrogen-bond acceptors (Lipinski definition) is 4. The minimum atomic E-state index is -2.28. The van der Waals surface area contributed by atoms with Crippen LogP contribution in [-0.2, 0) is 18.3 Å². The molecule has 0 saturated carbocycles. The van der Waals surface area contributed by atoms with Crippen molar-refractivity contribution in [2.24, 2.45) is 0 Å². The quantitative estimate of drug-likeness (QED) is 0.600. The Morgan fingerprint density at radius 3 is 2.15 bits per heavy atom. The van der Waals surface area contributed by atoms with Gasteiger partial charge in [0.1, 0.15) is 11.9 Å².